The normalized spacial score (nSPS) is 13.5. The molecule has 1 N–H and O–H groups in total. The van der Waals surface area contributed by atoms with Gasteiger partial charge in [-0.05, 0) is 42.9 Å². The fourth-order valence-electron chi connectivity index (χ4n) is 1.66. The van der Waals surface area contributed by atoms with Crippen LogP contribution < -0.4 is 0 Å². The molecule has 1 unspecified atom stereocenters. The monoisotopic (exact) mass is 345 g/mol. The molecule has 9 heteroatoms. The van der Waals surface area contributed by atoms with E-state index in [1.807, 2.05) is 0 Å². The first-order valence-electron chi connectivity index (χ1n) is 6.09. The van der Waals surface area contributed by atoms with E-state index in [0.29, 0.717) is 18.5 Å². The van der Waals surface area contributed by atoms with Gasteiger partial charge in [-0.15, -0.1) is 0 Å². The first kappa shape index (κ1) is 16.7. The van der Waals surface area contributed by atoms with Crippen LogP contribution in [-0.4, -0.2) is 26.2 Å². The van der Waals surface area contributed by atoms with E-state index >= 15 is 0 Å². The number of H-pyrrole nitrogens is 1. The number of aromatic nitrogens is 2. The van der Waals surface area contributed by atoms with E-state index in [9.17, 15) is 17.7 Å². The molecule has 0 bridgehead atoms. The molecule has 2 aromatic rings. The third kappa shape index (κ3) is 4.17. The van der Waals surface area contributed by atoms with Crippen molar-refractivity contribution < 1.29 is 17.7 Å². The Morgan fingerprint density at radius 1 is 1.45 bits per heavy atom. The Labute approximate surface area is 132 Å². The van der Waals surface area contributed by atoms with Gasteiger partial charge in [0.2, 0.25) is 0 Å². The Morgan fingerprint density at radius 3 is 2.91 bits per heavy atom. The molecule has 0 aliphatic carbocycles. The summed E-state index contributed by atoms with van der Waals surface area (Å²) in [4.78, 5) is 10.4. The molecule has 2 rings (SSSR count). The lowest BCUT2D eigenvalue weighted by atomic mass is 10.2. The molecule has 0 saturated carbocycles. The van der Waals surface area contributed by atoms with Crippen LogP contribution in [0.25, 0.3) is 11.0 Å². The summed E-state index contributed by atoms with van der Waals surface area (Å²) < 4.78 is 49.8. The van der Waals surface area contributed by atoms with Crippen LogP contribution in [0.15, 0.2) is 39.8 Å². The number of alkyl halides is 3. The largest absolute Gasteiger partial charge is 0.604 e. The maximum atomic E-state index is 12.6. The summed E-state index contributed by atoms with van der Waals surface area (Å²) in [5.41, 5.74) is -0.263. The van der Waals surface area contributed by atoms with Gasteiger partial charge in [-0.2, -0.15) is 18.2 Å². The van der Waals surface area contributed by atoms with Crippen molar-refractivity contribution in [3.8, 4) is 0 Å². The summed E-state index contributed by atoms with van der Waals surface area (Å²) in [6.07, 6.45) is -2.25. The number of isothiocyanates is 1. The van der Waals surface area contributed by atoms with Crippen molar-refractivity contribution in [2.75, 3.05) is 6.54 Å². The van der Waals surface area contributed by atoms with Gasteiger partial charge < -0.3 is 4.55 Å². The minimum Gasteiger partial charge on any atom is -0.604 e. The molecule has 1 aromatic carbocycles. The molecule has 0 radical (unpaired) electrons. The smallest absolute Gasteiger partial charge is 0.416 e. The summed E-state index contributed by atoms with van der Waals surface area (Å²) in [7, 11) is 0. The number of halogens is 3. The molecule has 0 saturated heterocycles. The Morgan fingerprint density at radius 2 is 2.23 bits per heavy atom. The Kier molecular flexibility index (Phi) is 5.36. The number of fused-ring (bicyclic) bond motifs is 1. The molecule has 1 atom stereocenters. The molecule has 1 aromatic heterocycles. The molecule has 0 aliphatic rings. The van der Waals surface area contributed by atoms with Crippen LogP contribution in [-0.2, 0) is 17.4 Å². The van der Waals surface area contributed by atoms with E-state index in [4.69, 9.17) is 0 Å². The zero-order chi connectivity index (χ0) is 16.2. The Bertz CT molecular complexity index is 736. The summed E-state index contributed by atoms with van der Waals surface area (Å²) in [5.74, 6) is 0. The third-order valence-corrected chi connectivity index (χ3v) is 3.81. The summed E-state index contributed by atoms with van der Waals surface area (Å²) >= 11 is 2.84. The zero-order valence-corrected chi connectivity index (χ0v) is 12.7. The van der Waals surface area contributed by atoms with Crippen molar-refractivity contribution in [2.24, 2.45) is 4.99 Å². The van der Waals surface area contributed by atoms with Crippen LogP contribution in [0, 0.1) is 0 Å². The number of nitrogens with one attached hydrogen (secondary N) is 1. The number of hydrogen-bond donors (Lipinski definition) is 1. The van der Waals surface area contributed by atoms with E-state index < -0.39 is 22.9 Å². The molecule has 0 fully saturated rings. The zero-order valence-electron chi connectivity index (χ0n) is 11.1. The van der Waals surface area contributed by atoms with E-state index in [1.54, 1.807) is 6.08 Å². The van der Waals surface area contributed by atoms with Gasteiger partial charge in [-0.1, -0.05) is 0 Å². The van der Waals surface area contributed by atoms with Crippen LogP contribution in [0.1, 0.15) is 12.0 Å². The number of imidazole rings is 1. The summed E-state index contributed by atoms with van der Waals surface area (Å²) in [6, 6.07) is 3.13. The topological polar surface area (TPSA) is 64.1 Å². The summed E-state index contributed by atoms with van der Waals surface area (Å²) in [5, 5.41) is 3.72. The van der Waals surface area contributed by atoms with Crippen LogP contribution in [0.2, 0.25) is 0 Å². The van der Waals surface area contributed by atoms with Crippen molar-refractivity contribution in [3.63, 3.8) is 0 Å². The molecule has 0 amide bonds. The van der Waals surface area contributed by atoms with Crippen molar-refractivity contribution >= 4 is 39.6 Å². The third-order valence-electron chi connectivity index (χ3n) is 2.67. The average Bonchev–Trinajstić information content (AvgIpc) is 2.89. The number of benzene rings is 1. The number of hydrogen-bond acceptors (Lipinski definition) is 4. The standard InChI is InChI=1S/C13H10F3N3OS2/c14-13(15,16)9-3-4-10-11(7-9)19-12(18-10)22(20)6-2-1-5-17-8-21/h2-4,6-7H,1,5H2,(H,18,19). The number of aromatic amines is 1. The van der Waals surface area contributed by atoms with Crippen molar-refractivity contribution in [1.29, 1.82) is 0 Å². The molecule has 116 valence electrons. The SMILES string of the molecule is [O-][S+](C=CCCN=C=S)c1nc2ccc(C(F)(F)F)cc2[nH]1. The second-order valence-electron chi connectivity index (χ2n) is 4.20. The Hall–Kier alpha value is -1.67. The van der Waals surface area contributed by atoms with Gasteiger partial charge in [0.25, 0.3) is 0 Å². The second-order valence-corrected chi connectivity index (χ2v) is 5.64. The average molecular weight is 345 g/mol. The van der Waals surface area contributed by atoms with Gasteiger partial charge in [0.15, 0.2) is 0 Å². The highest BCUT2D eigenvalue weighted by atomic mass is 32.2. The number of rotatable bonds is 5. The van der Waals surface area contributed by atoms with Crippen LogP contribution in [0.3, 0.4) is 0 Å². The highest BCUT2D eigenvalue weighted by molar-refractivity contribution is 7.94. The van der Waals surface area contributed by atoms with E-state index in [-0.39, 0.29) is 10.7 Å². The van der Waals surface area contributed by atoms with Crippen molar-refractivity contribution in [2.45, 2.75) is 17.8 Å². The predicted molar refractivity (Wildman–Crippen MR) is 81.2 cm³/mol. The fraction of sp³-hybridized carbons (Fsp3) is 0.231. The number of thiocarbonyl (C=S) groups is 1. The maximum absolute atomic E-state index is 12.6. The molecule has 0 aliphatic heterocycles. The highest BCUT2D eigenvalue weighted by Crippen LogP contribution is 2.31. The van der Waals surface area contributed by atoms with Crippen LogP contribution in [0.4, 0.5) is 13.2 Å². The van der Waals surface area contributed by atoms with Gasteiger partial charge in [0.05, 0.1) is 39.5 Å². The minimum absolute atomic E-state index is 0.101. The molecular weight excluding hydrogens is 335 g/mol. The number of nitrogens with zero attached hydrogens (tertiary/aromatic N) is 2. The predicted octanol–water partition coefficient (Wildman–Crippen LogP) is 3.70. The molecule has 1 heterocycles. The lowest BCUT2D eigenvalue weighted by Crippen LogP contribution is -2.04. The van der Waals surface area contributed by atoms with Crippen molar-refractivity contribution in [3.05, 3.63) is 35.2 Å². The van der Waals surface area contributed by atoms with Gasteiger partial charge in [0.1, 0.15) is 5.41 Å². The van der Waals surface area contributed by atoms with Crippen molar-refractivity contribution in [1.82, 2.24) is 9.97 Å². The van der Waals surface area contributed by atoms with Gasteiger partial charge in [-0.25, -0.2) is 4.99 Å². The highest BCUT2D eigenvalue weighted by Gasteiger charge is 2.31. The first-order valence-corrected chi connectivity index (χ1v) is 7.72. The molecular formula is C13H10F3N3OS2. The second kappa shape index (κ2) is 7.06. The molecule has 22 heavy (non-hydrogen) atoms. The van der Waals surface area contributed by atoms with E-state index in [0.717, 1.165) is 12.1 Å². The molecule has 0 spiro atoms. The minimum atomic E-state index is -4.43. The van der Waals surface area contributed by atoms with Gasteiger partial charge in [0, 0.05) is 0 Å². The summed E-state index contributed by atoms with van der Waals surface area (Å²) in [6.45, 7) is 0.437. The lowest BCUT2D eigenvalue weighted by Gasteiger charge is -2.04. The van der Waals surface area contributed by atoms with Gasteiger partial charge in [-0.3, -0.25) is 4.98 Å². The quantitative estimate of drug-likeness (QED) is 0.389. The first-order chi connectivity index (χ1) is 10.4. The Balaban J connectivity index is 2.16. The van der Waals surface area contributed by atoms with Crippen LogP contribution >= 0.6 is 12.2 Å². The van der Waals surface area contributed by atoms with E-state index in [2.05, 4.69) is 32.3 Å². The lowest BCUT2D eigenvalue weighted by molar-refractivity contribution is -0.137. The number of aliphatic imine (C=N–C) groups is 1. The molecule has 4 nitrogen and oxygen atoms in total. The maximum Gasteiger partial charge on any atom is 0.416 e. The van der Waals surface area contributed by atoms with Gasteiger partial charge >= 0.3 is 11.3 Å². The van der Waals surface area contributed by atoms with E-state index in [1.165, 1.54) is 11.5 Å². The fourth-order valence-corrected chi connectivity index (χ4v) is 2.59. The van der Waals surface area contributed by atoms with Crippen LogP contribution in [0.5, 0.6) is 0 Å².